The van der Waals surface area contributed by atoms with Gasteiger partial charge in [0.2, 0.25) is 0 Å². The number of hydrogen-bond acceptors (Lipinski definition) is 4. The zero-order chi connectivity index (χ0) is 18.3. The van der Waals surface area contributed by atoms with Gasteiger partial charge >= 0.3 is 0 Å². The van der Waals surface area contributed by atoms with Gasteiger partial charge in [0.15, 0.2) is 11.5 Å². The Morgan fingerprint density at radius 2 is 1.64 bits per heavy atom. The van der Waals surface area contributed by atoms with Crippen LogP contribution in [0.15, 0.2) is 48.5 Å². The molecule has 0 aliphatic rings. The molecule has 1 atom stereocenters. The second-order valence-electron chi connectivity index (χ2n) is 6.47. The Balaban J connectivity index is 2.19. The molecule has 134 valence electrons. The van der Waals surface area contributed by atoms with E-state index in [0.717, 1.165) is 30.3 Å². The number of likely N-dealkylation sites (N-methyl/N-ethyl adjacent to an activating group) is 1. The van der Waals surface area contributed by atoms with E-state index < -0.39 is 5.54 Å². The van der Waals surface area contributed by atoms with Crippen molar-refractivity contribution in [2.45, 2.75) is 24.8 Å². The Labute approximate surface area is 150 Å². The van der Waals surface area contributed by atoms with Crippen LogP contribution in [-0.4, -0.2) is 45.0 Å². The van der Waals surface area contributed by atoms with Crippen LogP contribution in [0.5, 0.6) is 11.5 Å². The van der Waals surface area contributed by atoms with Gasteiger partial charge in [0, 0.05) is 0 Å². The molecule has 2 aromatic rings. The van der Waals surface area contributed by atoms with E-state index in [1.165, 1.54) is 0 Å². The molecule has 2 aromatic carbocycles. The van der Waals surface area contributed by atoms with Crippen LogP contribution < -0.4 is 9.47 Å². The highest BCUT2D eigenvalue weighted by molar-refractivity contribution is 5.65. The second-order valence-corrected chi connectivity index (χ2v) is 6.47. The first kappa shape index (κ1) is 19.0. The van der Waals surface area contributed by atoms with Crippen molar-refractivity contribution in [3.05, 3.63) is 59.7 Å². The summed E-state index contributed by atoms with van der Waals surface area (Å²) in [7, 11) is 7.19. The number of nitrogens with zero attached hydrogens (tertiary/aromatic N) is 1. The lowest BCUT2D eigenvalue weighted by molar-refractivity contribution is -0.117. The summed E-state index contributed by atoms with van der Waals surface area (Å²) >= 11 is 0. The lowest BCUT2D eigenvalue weighted by Gasteiger charge is -2.35. The molecule has 0 heterocycles. The van der Waals surface area contributed by atoms with Crippen molar-refractivity contribution in [3.63, 3.8) is 0 Å². The molecule has 1 unspecified atom stereocenters. The zero-order valence-corrected chi connectivity index (χ0v) is 15.5. The van der Waals surface area contributed by atoms with E-state index in [1.54, 1.807) is 14.2 Å². The molecule has 0 bridgehead atoms. The van der Waals surface area contributed by atoms with Gasteiger partial charge in [-0.2, -0.15) is 0 Å². The number of aryl methyl sites for hydroxylation is 1. The van der Waals surface area contributed by atoms with E-state index in [1.807, 2.05) is 55.4 Å². The molecule has 0 aliphatic heterocycles. The van der Waals surface area contributed by atoms with Crippen molar-refractivity contribution in [3.8, 4) is 11.5 Å². The van der Waals surface area contributed by atoms with Crippen LogP contribution in [0, 0.1) is 0 Å². The van der Waals surface area contributed by atoms with Gasteiger partial charge in [-0.25, -0.2) is 0 Å². The Hall–Kier alpha value is -2.33. The smallest absolute Gasteiger partial charge is 0.160 e. The van der Waals surface area contributed by atoms with Crippen LogP contribution >= 0.6 is 0 Å². The maximum Gasteiger partial charge on any atom is 0.160 e. The fourth-order valence-electron chi connectivity index (χ4n) is 3.02. The van der Waals surface area contributed by atoms with Crippen molar-refractivity contribution in [1.82, 2.24) is 4.90 Å². The summed E-state index contributed by atoms with van der Waals surface area (Å²) in [4.78, 5) is 14.1. The number of methoxy groups -OCH3 is 2. The lowest BCUT2D eigenvalue weighted by atomic mass is 9.85. The van der Waals surface area contributed by atoms with Crippen molar-refractivity contribution in [1.29, 1.82) is 0 Å². The topological polar surface area (TPSA) is 38.8 Å². The summed E-state index contributed by atoms with van der Waals surface area (Å²) in [6.45, 7) is 0. The molecule has 25 heavy (non-hydrogen) atoms. The standard InChI is InChI=1S/C21H27NO3/c1-22(2)21(16-23,15-18-8-6-5-7-9-18)13-12-17-10-11-19(24-3)20(14-17)25-4/h5-11,14,16H,12-13,15H2,1-4H3. The summed E-state index contributed by atoms with van der Waals surface area (Å²) in [5.74, 6) is 1.43. The Morgan fingerprint density at radius 3 is 2.20 bits per heavy atom. The largest absolute Gasteiger partial charge is 0.493 e. The van der Waals surface area contributed by atoms with Gasteiger partial charge in [-0.05, 0) is 56.6 Å². The van der Waals surface area contributed by atoms with Gasteiger partial charge in [-0.1, -0.05) is 36.4 Å². The molecule has 0 aliphatic carbocycles. The molecule has 0 spiro atoms. The highest BCUT2D eigenvalue weighted by Gasteiger charge is 2.32. The van der Waals surface area contributed by atoms with Crippen LogP contribution in [0.1, 0.15) is 17.5 Å². The minimum absolute atomic E-state index is 0.533. The van der Waals surface area contributed by atoms with Crippen molar-refractivity contribution in [2.24, 2.45) is 0 Å². The quantitative estimate of drug-likeness (QED) is 0.656. The highest BCUT2D eigenvalue weighted by atomic mass is 16.5. The maximum atomic E-state index is 12.0. The highest BCUT2D eigenvalue weighted by Crippen LogP contribution is 2.30. The molecule has 0 saturated heterocycles. The first-order chi connectivity index (χ1) is 12.0. The van der Waals surface area contributed by atoms with E-state index in [9.17, 15) is 4.79 Å². The first-order valence-corrected chi connectivity index (χ1v) is 8.43. The summed E-state index contributed by atoms with van der Waals surface area (Å²) in [6.07, 6.45) is 3.29. The molecule has 0 aromatic heterocycles. The average molecular weight is 341 g/mol. The third-order valence-electron chi connectivity index (χ3n) is 4.76. The van der Waals surface area contributed by atoms with Gasteiger partial charge in [0.25, 0.3) is 0 Å². The van der Waals surface area contributed by atoms with Crippen molar-refractivity contribution in [2.75, 3.05) is 28.3 Å². The summed E-state index contributed by atoms with van der Waals surface area (Å²) in [5.41, 5.74) is 1.75. The molecule has 4 nitrogen and oxygen atoms in total. The van der Waals surface area contributed by atoms with Crippen LogP contribution in [0.2, 0.25) is 0 Å². The molecule has 0 radical (unpaired) electrons. The molecule has 0 amide bonds. The van der Waals surface area contributed by atoms with E-state index in [4.69, 9.17) is 9.47 Å². The molecule has 4 heteroatoms. The van der Waals surface area contributed by atoms with Gasteiger partial charge in [0.1, 0.15) is 6.29 Å². The van der Waals surface area contributed by atoms with Gasteiger partial charge in [0.05, 0.1) is 19.8 Å². The third-order valence-corrected chi connectivity index (χ3v) is 4.76. The molecule has 0 saturated carbocycles. The number of carbonyl (C=O) groups is 1. The fourth-order valence-corrected chi connectivity index (χ4v) is 3.02. The first-order valence-electron chi connectivity index (χ1n) is 8.43. The predicted molar refractivity (Wildman–Crippen MR) is 100 cm³/mol. The number of ether oxygens (including phenoxy) is 2. The van der Waals surface area contributed by atoms with Crippen molar-refractivity contribution < 1.29 is 14.3 Å². The Bertz CT molecular complexity index is 685. The van der Waals surface area contributed by atoms with E-state index in [2.05, 4.69) is 12.1 Å². The molecular weight excluding hydrogens is 314 g/mol. The summed E-state index contributed by atoms with van der Waals surface area (Å²) in [6, 6.07) is 16.1. The number of hydrogen-bond donors (Lipinski definition) is 0. The number of benzene rings is 2. The number of aldehydes is 1. The maximum absolute atomic E-state index is 12.0. The molecule has 2 rings (SSSR count). The van der Waals surface area contributed by atoms with E-state index in [0.29, 0.717) is 17.9 Å². The fraction of sp³-hybridized carbons (Fsp3) is 0.381. The van der Waals surface area contributed by atoms with Gasteiger partial charge in [-0.3, -0.25) is 4.90 Å². The third kappa shape index (κ3) is 4.60. The minimum atomic E-state index is -0.533. The van der Waals surface area contributed by atoms with Crippen molar-refractivity contribution >= 4 is 6.29 Å². The minimum Gasteiger partial charge on any atom is -0.493 e. The number of rotatable bonds is 9. The lowest BCUT2D eigenvalue weighted by Crippen LogP contribution is -2.48. The molecular formula is C21H27NO3. The molecule has 0 fully saturated rings. The van der Waals surface area contributed by atoms with E-state index >= 15 is 0 Å². The van der Waals surface area contributed by atoms with E-state index in [-0.39, 0.29) is 0 Å². The average Bonchev–Trinajstić information content (AvgIpc) is 2.65. The SMILES string of the molecule is COc1ccc(CCC(C=O)(Cc2ccccc2)N(C)C)cc1OC. The van der Waals surface area contributed by atoms with Gasteiger partial charge < -0.3 is 14.3 Å². The van der Waals surface area contributed by atoms with Crippen LogP contribution in [0.4, 0.5) is 0 Å². The molecule has 0 N–H and O–H groups in total. The monoisotopic (exact) mass is 341 g/mol. The summed E-state index contributed by atoms with van der Waals surface area (Å²) in [5, 5.41) is 0. The Morgan fingerprint density at radius 1 is 0.960 bits per heavy atom. The van der Waals surface area contributed by atoms with Crippen LogP contribution in [-0.2, 0) is 17.6 Å². The summed E-state index contributed by atoms with van der Waals surface area (Å²) < 4.78 is 10.7. The zero-order valence-electron chi connectivity index (χ0n) is 15.5. The van der Waals surface area contributed by atoms with Gasteiger partial charge in [-0.15, -0.1) is 0 Å². The second kappa shape index (κ2) is 8.67. The van der Waals surface area contributed by atoms with Crippen LogP contribution in [0.3, 0.4) is 0 Å². The van der Waals surface area contributed by atoms with Crippen LogP contribution in [0.25, 0.3) is 0 Å². The predicted octanol–water partition coefficient (Wildman–Crippen LogP) is 3.38. The Kier molecular flexibility index (Phi) is 6.59. The normalized spacial score (nSPS) is 13.3. The number of carbonyl (C=O) groups excluding carboxylic acids is 1.